The van der Waals surface area contributed by atoms with E-state index in [1.165, 1.54) is 12.1 Å². The first kappa shape index (κ1) is 34.2. The van der Waals surface area contributed by atoms with Crippen molar-refractivity contribution in [3.8, 4) is 5.75 Å². The molecule has 0 saturated carbocycles. The molecule has 0 aliphatic heterocycles. The first-order chi connectivity index (χ1) is 19.8. The van der Waals surface area contributed by atoms with E-state index in [1.54, 1.807) is 42.5 Å². The van der Waals surface area contributed by atoms with Gasteiger partial charge in [0.15, 0.2) is 0 Å². The minimum absolute atomic E-state index is 0.0113. The lowest BCUT2D eigenvalue weighted by atomic mass is 10.0. The number of nitrogens with one attached hydrogen (secondary N) is 4. The van der Waals surface area contributed by atoms with Crippen molar-refractivity contribution in [1.29, 1.82) is 0 Å². The van der Waals surface area contributed by atoms with E-state index in [2.05, 4.69) is 20.7 Å². The summed E-state index contributed by atoms with van der Waals surface area (Å²) in [6.07, 6.45) is 0.417. The summed E-state index contributed by atoms with van der Waals surface area (Å²) in [4.78, 5) is 49.5. The number of carbonyl (C=O) groups excluding carboxylic acids is 3. The third-order valence-electron chi connectivity index (χ3n) is 6.11. The van der Waals surface area contributed by atoms with Crippen molar-refractivity contribution in [3.63, 3.8) is 0 Å². The van der Waals surface area contributed by atoms with Crippen LogP contribution in [-0.2, 0) is 42.0 Å². The lowest BCUT2D eigenvalue weighted by molar-refractivity contribution is -0.142. The summed E-state index contributed by atoms with van der Waals surface area (Å²) in [7, 11) is -3.99. The molecule has 0 heterocycles. The van der Waals surface area contributed by atoms with Crippen LogP contribution in [-0.4, -0.2) is 79.3 Å². The maximum Gasteiger partial charge on any atom is 0.326 e. The summed E-state index contributed by atoms with van der Waals surface area (Å²) in [5.41, 5.74) is 7.29. The van der Waals surface area contributed by atoms with Gasteiger partial charge in [-0.3, -0.25) is 14.4 Å². The zero-order valence-electron chi connectivity index (χ0n) is 23.6. The number of carboxylic acids is 1. The van der Waals surface area contributed by atoms with E-state index >= 15 is 0 Å². The molecule has 0 aromatic heterocycles. The zero-order valence-corrected chi connectivity index (χ0v) is 24.4. The van der Waals surface area contributed by atoms with E-state index in [0.29, 0.717) is 11.1 Å². The van der Waals surface area contributed by atoms with E-state index < -0.39 is 64.1 Å². The maximum absolute atomic E-state index is 13.0. The quantitative estimate of drug-likeness (QED) is 0.125. The fourth-order valence-corrected chi connectivity index (χ4v) is 4.80. The fraction of sp³-hybridized carbons (Fsp3) is 0.429. The summed E-state index contributed by atoms with van der Waals surface area (Å²) < 4.78 is 26.9. The third-order valence-corrected chi connectivity index (χ3v) is 7.43. The monoisotopic (exact) mass is 605 g/mol. The lowest BCUT2D eigenvalue weighted by Gasteiger charge is -2.22. The first-order valence-electron chi connectivity index (χ1n) is 13.4. The standard InChI is InChI=1S/C28H39N5O8S/c1-18(2)14-24(28(38)39)33-27(37)23(16-19-6-4-3-5-7-19)32-25(35)17-31-42(40,41)13-12-30-26(36)22(29)15-20-8-10-21(34)11-9-20/h3-11,18,22-24,31,34H,12-17,29H2,1-2H3,(H,30,36)(H,32,35)(H,33,37)(H,38,39)/t22-,23-,24-/m0/s1. The van der Waals surface area contributed by atoms with Crippen molar-refractivity contribution < 1.29 is 37.8 Å². The van der Waals surface area contributed by atoms with E-state index in [4.69, 9.17) is 5.73 Å². The Morgan fingerprint density at radius 3 is 2.07 bits per heavy atom. The van der Waals surface area contributed by atoms with Gasteiger partial charge in [0.1, 0.15) is 17.8 Å². The largest absolute Gasteiger partial charge is 0.508 e. The van der Waals surface area contributed by atoms with Crippen LogP contribution in [0.15, 0.2) is 54.6 Å². The number of sulfonamides is 1. The van der Waals surface area contributed by atoms with E-state index in [1.807, 2.05) is 13.8 Å². The average Bonchev–Trinajstić information content (AvgIpc) is 2.92. The Hall–Kier alpha value is -4.01. The van der Waals surface area contributed by atoms with Crippen LogP contribution in [0.25, 0.3) is 0 Å². The predicted octanol–water partition coefficient (Wildman–Crippen LogP) is -0.359. The number of nitrogens with two attached hydrogens (primary N) is 1. The predicted molar refractivity (Wildman–Crippen MR) is 156 cm³/mol. The van der Waals surface area contributed by atoms with E-state index in [0.717, 1.165) is 0 Å². The minimum Gasteiger partial charge on any atom is -0.508 e. The Labute approximate surface area is 245 Å². The SMILES string of the molecule is CC(C)C[C@H](NC(=O)[C@H](Cc1ccccc1)NC(=O)CNS(=O)(=O)CCNC(=O)[C@@H](N)Cc1ccc(O)cc1)C(=O)O. The van der Waals surface area contributed by atoms with Gasteiger partial charge >= 0.3 is 5.97 Å². The topological polar surface area (TPSA) is 217 Å². The highest BCUT2D eigenvalue weighted by molar-refractivity contribution is 7.89. The molecule has 230 valence electrons. The van der Waals surface area contributed by atoms with Gasteiger partial charge < -0.3 is 31.9 Å². The Morgan fingerprint density at radius 2 is 1.48 bits per heavy atom. The molecule has 0 aliphatic carbocycles. The summed E-state index contributed by atoms with van der Waals surface area (Å²) in [6, 6.07) is 11.7. The number of carboxylic acid groups (broad SMARTS) is 1. The molecule has 0 radical (unpaired) electrons. The minimum atomic E-state index is -3.99. The second-order valence-electron chi connectivity index (χ2n) is 10.2. The highest BCUT2D eigenvalue weighted by Crippen LogP contribution is 2.11. The van der Waals surface area contributed by atoms with E-state index in [9.17, 15) is 37.8 Å². The second kappa shape index (κ2) is 16.4. The van der Waals surface area contributed by atoms with Crippen molar-refractivity contribution in [2.75, 3.05) is 18.8 Å². The number of aromatic hydroxyl groups is 1. The molecule has 0 aliphatic rings. The second-order valence-corrected chi connectivity index (χ2v) is 12.2. The van der Waals surface area contributed by atoms with Gasteiger partial charge in [0, 0.05) is 13.0 Å². The van der Waals surface area contributed by atoms with Crippen LogP contribution in [0.5, 0.6) is 5.75 Å². The molecule has 14 heteroatoms. The number of phenolic OH excluding ortho intramolecular Hbond substituents is 1. The number of carbonyl (C=O) groups is 4. The molecule has 0 spiro atoms. The van der Waals surface area contributed by atoms with Gasteiger partial charge in [0.25, 0.3) is 0 Å². The summed E-state index contributed by atoms with van der Waals surface area (Å²) in [5, 5.41) is 26.2. The van der Waals surface area contributed by atoms with Gasteiger partial charge in [-0.2, -0.15) is 0 Å². The molecule has 2 aromatic carbocycles. The van der Waals surface area contributed by atoms with Crippen molar-refractivity contribution in [2.45, 2.75) is 51.2 Å². The number of amides is 3. The normalized spacial score (nSPS) is 13.5. The average molecular weight is 606 g/mol. The molecule has 0 bridgehead atoms. The van der Waals surface area contributed by atoms with Crippen LogP contribution >= 0.6 is 0 Å². The van der Waals surface area contributed by atoms with Crippen molar-refractivity contribution in [3.05, 3.63) is 65.7 Å². The van der Waals surface area contributed by atoms with Crippen molar-refractivity contribution in [2.24, 2.45) is 11.7 Å². The van der Waals surface area contributed by atoms with Crippen LogP contribution in [0.3, 0.4) is 0 Å². The van der Waals surface area contributed by atoms with E-state index in [-0.39, 0.29) is 37.5 Å². The summed E-state index contributed by atoms with van der Waals surface area (Å²) in [5.74, 6) is -3.75. The molecule has 42 heavy (non-hydrogen) atoms. The molecule has 2 aromatic rings. The molecule has 2 rings (SSSR count). The van der Waals surface area contributed by atoms with Crippen LogP contribution in [0, 0.1) is 5.92 Å². The van der Waals surface area contributed by atoms with Crippen LogP contribution in [0.2, 0.25) is 0 Å². The van der Waals surface area contributed by atoms with Gasteiger partial charge in [-0.1, -0.05) is 56.3 Å². The molecule has 3 atom stereocenters. The van der Waals surface area contributed by atoms with Gasteiger partial charge in [0.2, 0.25) is 27.7 Å². The van der Waals surface area contributed by atoms with Crippen LogP contribution < -0.4 is 26.4 Å². The Bertz CT molecular complexity index is 1300. The van der Waals surface area contributed by atoms with Crippen LogP contribution in [0.4, 0.5) is 0 Å². The summed E-state index contributed by atoms with van der Waals surface area (Å²) >= 11 is 0. The molecular formula is C28H39N5O8S. The highest BCUT2D eigenvalue weighted by Gasteiger charge is 2.27. The molecule has 13 nitrogen and oxygen atoms in total. The molecule has 0 unspecified atom stereocenters. The summed E-state index contributed by atoms with van der Waals surface area (Å²) in [6.45, 7) is 2.69. The maximum atomic E-state index is 13.0. The number of hydrogen-bond acceptors (Lipinski definition) is 8. The molecule has 0 saturated heterocycles. The molecule has 0 fully saturated rings. The number of hydrogen-bond donors (Lipinski definition) is 7. The molecule has 3 amide bonds. The smallest absolute Gasteiger partial charge is 0.326 e. The molecule has 8 N–H and O–H groups in total. The van der Waals surface area contributed by atoms with Crippen molar-refractivity contribution in [1.82, 2.24) is 20.7 Å². The Kier molecular flexibility index (Phi) is 13.4. The number of rotatable bonds is 17. The van der Waals surface area contributed by atoms with Crippen LogP contribution in [0.1, 0.15) is 31.4 Å². The van der Waals surface area contributed by atoms with Gasteiger partial charge in [0.05, 0.1) is 18.3 Å². The van der Waals surface area contributed by atoms with Crippen molar-refractivity contribution >= 4 is 33.7 Å². The van der Waals surface area contributed by atoms with Gasteiger partial charge in [-0.25, -0.2) is 17.9 Å². The lowest BCUT2D eigenvalue weighted by Crippen LogP contribution is -2.54. The van der Waals surface area contributed by atoms with Gasteiger partial charge in [-0.15, -0.1) is 0 Å². The third kappa shape index (κ3) is 12.7. The van der Waals surface area contributed by atoms with Gasteiger partial charge in [-0.05, 0) is 42.0 Å². The zero-order chi connectivity index (χ0) is 31.3. The molecular weight excluding hydrogens is 566 g/mol. The number of phenols is 1. The Morgan fingerprint density at radius 1 is 0.857 bits per heavy atom. The first-order valence-corrected chi connectivity index (χ1v) is 15.1. The number of benzene rings is 2. The Balaban J connectivity index is 1.90. The highest BCUT2D eigenvalue weighted by atomic mass is 32.2. The number of aliphatic carboxylic acids is 1. The fourth-order valence-electron chi connectivity index (χ4n) is 3.94.